The van der Waals surface area contributed by atoms with Gasteiger partial charge in [0.25, 0.3) is 5.91 Å². The zero-order valence-corrected chi connectivity index (χ0v) is 26.5. The van der Waals surface area contributed by atoms with Crippen LogP contribution in [0, 0.1) is 5.92 Å². The topological polar surface area (TPSA) is 94.1 Å². The second-order valence-electron chi connectivity index (χ2n) is 11.2. The summed E-state index contributed by atoms with van der Waals surface area (Å²) in [6.45, 7) is 5.31. The van der Waals surface area contributed by atoms with E-state index in [1.165, 1.54) is 11.8 Å². The number of benzene rings is 4. The number of hydrogen-bond acceptors (Lipinski definition) is 7. The van der Waals surface area contributed by atoms with Crippen molar-refractivity contribution in [2.24, 2.45) is 5.92 Å². The number of carbonyl (C=O) groups excluding carboxylic acids is 2. The zero-order valence-electron chi connectivity index (χ0n) is 25.7. The number of rotatable bonds is 11. The van der Waals surface area contributed by atoms with Gasteiger partial charge in [0.2, 0.25) is 0 Å². The lowest BCUT2D eigenvalue weighted by molar-refractivity contribution is -0.268. The van der Waals surface area contributed by atoms with E-state index in [4.69, 9.17) is 14.2 Å². The first kappa shape index (κ1) is 32.4. The van der Waals surface area contributed by atoms with Gasteiger partial charge in [0, 0.05) is 35.6 Å². The molecule has 1 heterocycles. The predicted octanol–water partition coefficient (Wildman–Crippen LogP) is 7.00. The molecule has 0 saturated carbocycles. The van der Waals surface area contributed by atoms with Gasteiger partial charge >= 0.3 is 5.97 Å². The number of ether oxygens (including phenoxy) is 3. The Bertz CT molecular complexity index is 1580. The van der Waals surface area contributed by atoms with Crippen LogP contribution in [-0.4, -0.2) is 34.9 Å². The summed E-state index contributed by atoms with van der Waals surface area (Å²) in [5.41, 5.74) is 5.74. The molecular weight excluding hydrogens is 586 g/mol. The molecular formula is C37H39NO6S. The second kappa shape index (κ2) is 15.4. The van der Waals surface area contributed by atoms with Gasteiger partial charge in [-0.15, -0.1) is 11.8 Å². The fourth-order valence-electron chi connectivity index (χ4n) is 5.37. The molecule has 0 bridgehead atoms. The molecule has 0 radical (unpaired) electrons. The van der Waals surface area contributed by atoms with Crippen LogP contribution in [-0.2, 0) is 37.0 Å². The van der Waals surface area contributed by atoms with Crippen molar-refractivity contribution in [2.45, 2.75) is 63.4 Å². The minimum Gasteiger partial charge on any atom is -0.453 e. The highest BCUT2D eigenvalue weighted by atomic mass is 32.2. The van der Waals surface area contributed by atoms with Crippen LogP contribution in [0.25, 0.3) is 11.1 Å². The molecule has 5 rings (SSSR count). The number of aliphatic hydroxyl groups is 1. The van der Waals surface area contributed by atoms with Crippen molar-refractivity contribution >= 4 is 23.6 Å². The third-order valence-corrected chi connectivity index (χ3v) is 8.98. The Morgan fingerprint density at radius 1 is 0.867 bits per heavy atom. The van der Waals surface area contributed by atoms with Gasteiger partial charge in [-0.3, -0.25) is 9.59 Å². The molecule has 4 aromatic carbocycles. The van der Waals surface area contributed by atoms with E-state index >= 15 is 0 Å². The fourth-order valence-corrected chi connectivity index (χ4v) is 6.45. The van der Waals surface area contributed by atoms with Crippen LogP contribution in [0.1, 0.15) is 55.4 Å². The van der Waals surface area contributed by atoms with Crippen molar-refractivity contribution in [2.75, 3.05) is 5.75 Å². The standard InChI is InChI=1S/C37H39NO6S/c1-24-34(23-45-33-13-5-4-6-14-33)43-37(44-35(24)29-17-15-27(22-39)16-18-29)32-12-8-11-31(20-32)30-10-7-9-28(19-30)21-38-36(41)25(2)42-26(3)40/h4-20,24-25,34-35,37,39H,21-23H2,1-3H3,(H,38,41)/t24-,25+,34+,35+,37+/m1/s1. The number of esters is 1. The molecule has 8 heteroatoms. The molecule has 234 valence electrons. The smallest absolute Gasteiger partial charge is 0.303 e. The first-order chi connectivity index (χ1) is 21.8. The maximum Gasteiger partial charge on any atom is 0.303 e. The van der Waals surface area contributed by atoms with Crippen LogP contribution in [0.2, 0.25) is 0 Å². The zero-order chi connectivity index (χ0) is 31.8. The molecule has 1 fully saturated rings. The number of nitrogens with one attached hydrogen (secondary N) is 1. The van der Waals surface area contributed by atoms with E-state index in [9.17, 15) is 14.7 Å². The molecule has 7 nitrogen and oxygen atoms in total. The van der Waals surface area contributed by atoms with Crippen molar-refractivity contribution < 1.29 is 28.9 Å². The Hall–Kier alpha value is -3.95. The lowest BCUT2D eigenvalue weighted by atomic mass is 9.91. The highest BCUT2D eigenvalue weighted by Gasteiger charge is 2.38. The Labute approximate surface area is 268 Å². The van der Waals surface area contributed by atoms with Gasteiger partial charge in [0.15, 0.2) is 12.4 Å². The first-order valence-electron chi connectivity index (χ1n) is 15.1. The molecule has 1 saturated heterocycles. The van der Waals surface area contributed by atoms with Crippen LogP contribution in [0.3, 0.4) is 0 Å². The van der Waals surface area contributed by atoms with Gasteiger partial charge in [-0.2, -0.15) is 0 Å². The average Bonchev–Trinajstić information content (AvgIpc) is 3.07. The van der Waals surface area contributed by atoms with Crippen molar-refractivity contribution in [3.05, 3.63) is 125 Å². The van der Waals surface area contributed by atoms with Crippen molar-refractivity contribution in [1.29, 1.82) is 0 Å². The van der Waals surface area contributed by atoms with Crippen molar-refractivity contribution in [1.82, 2.24) is 5.32 Å². The number of carbonyl (C=O) groups is 2. The quantitative estimate of drug-likeness (QED) is 0.137. The normalized spacial score (nSPS) is 20.3. The highest BCUT2D eigenvalue weighted by Crippen LogP contribution is 2.43. The molecule has 0 aromatic heterocycles. The van der Waals surface area contributed by atoms with Crippen LogP contribution in [0.5, 0.6) is 0 Å². The summed E-state index contributed by atoms with van der Waals surface area (Å²) < 4.78 is 18.3. The number of amides is 1. The minimum absolute atomic E-state index is 0.00278. The third-order valence-electron chi connectivity index (χ3n) is 7.88. The molecule has 1 aliphatic heterocycles. The summed E-state index contributed by atoms with van der Waals surface area (Å²) in [7, 11) is 0. The van der Waals surface area contributed by atoms with Crippen LogP contribution in [0.4, 0.5) is 0 Å². The number of thioether (sulfide) groups is 1. The summed E-state index contributed by atoms with van der Waals surface area (Å²) in [5, 5.41) is 12.4. The number of hydrogen-bond donors (Lipinski definition) is 2. The average molecular weight is 626 g/mol. The molecule has 0 unspecified atom stereocenters. The summed E-state index contributed by atoms with van der Waals surface area (Å²) in [6, 6.07) is 34.4. The molecule has 1 aliphatic rings. The van der Waals surface area contributed by atoms with Gasteiger partial charge in [-0.25, -0.2) is 0 Å². The first-order valence-corrected chi connectivity index (χ1v) is 16.1. The van der Waals surface area contributed by atoms with Crippen molar-refractivity contribution in [3.8, 4) is 11.1 Å². The molecule has 45 heavy (non-hydrogen) atoms. The van der Waals surface area contributed by atoms with E-state index in [1.807, 2.05) is 84.9 Å². The van der Waals surface area contributed by atoms with Crippen molar-refractivity contribution in [3.63, 3.8) is 0 Å². The summed E-state index contributed by atoms with van der Waals surface area (Å²) in [5.74, 6) is 0.0296. The Morgan fingerprint density at radius 2 is 1.58 bits per heavy atom. The van der Waals surface area contributed by atoms with E-state index < -0.39 is 18.4 Å². The van der Waals surface area contributed by atoms with Gasteiger partial charge in [-0.05, 0) is 59.0 Å². The Morgan fingerprint density at radius 3 is 2.29 bits per heavy atom. The van der Waals surface area contributed by atoms with Gasteiger partial charge in [0.1, 0.15) is 0 Å². The Kier molecular flexibility index (Phi) is 11.1. The summed E-state index contributed by atoms with van der Waals surface area (Å²) in [4.78, 5) is 24.7. The van der Waals surface area contributed by atoms with Gasteiger partial charge in [-0.1, -0.05) is 85.8 Å². The van der Waals surface area contributed by atoms with E-state index in [0.717, 1.165) is 39.1 Å². The molecule has 5 atom stereocenters. The summed E-state index contributed by atoms with van der Waals surface area (Å²) in [6.07, 6.45) is -1.69. The van der Waals surface area contributed by atoms with E-state index in [-0.39, 0.29) is 30.6 Å². The van der Waals surface area contributed by atoms with Gasteiger partial charge < -0.3 is 24.6 Å². The van der Waals surface area contributed by atoms with E-state index in [2.05, 4.69) is 30.4 Å². The second-order valence-corrected chi connectivity index (χ2v) is 12.3. The van der Waals surface area contributed by atoms with E-state index in [1.54, 1.807) is 18.7 Å². The Balaban J connectivity index is 1.35. The maximum atomic E-state index is 12.3. The van der Waals surface area contributed by atoms with E-state index in [0.29, 0.717) is 6.54 Å². The van der Waals surface area contributed by atoms with Crippen LogP contribution >= 0.6 is 11.8 Å². The molecule has 4 aromatic rings. The largest absolute Gasteiger partial charge is 0.453 e. The van der Waals surface area contributed by atoms with Crippen LogP contribution < -0.4 is 5.32 Å². The fraction of sp³-hybridized carbons (Fsp3) is 0.297. The highest BCUT2D eigenvalue weighted by molar-refractivity contribution is 7.99. The SMILES string of the molecule is CC(=O)O[C@@H](C)C(=O)NCc1cccc(-c2cccc([C@H]3O[C@@H](CSc4ccccc4)[C@@H](C)[C@@H](c4ccc(CO)cc4)O3)c2)c1. The third kappa shape index (κ3) is 8.61. The van der Waals surface area contributed by atoms with Gasteiger partial charge in [0.05, 0.1) is 18.8 Å². The lowest BCUT2D eigenvalue weighted by Gasteiger charge is -2.41. The van der Waals surface area contributed by atoms with Crippen LogP contribution in [0.15, 0.2) is 108 Å². The molecule has 1 amide bonds. The molecule has 0 spiro atoms. The number of aliphatic hydroxyl groups excluding tert-OH is 1. The monoisotopic (exact) mass is 625 g/mol. The molecule has 0 aliphatic carbocycles. The minimum atomic E-state index is -0.855. The maximum absolute atomic E-state index is 12.3. The summed E-state index contributed by atoms with van der Waals surface area (Å²) >= 11 is 1.78. The molecule has 2 N–H and O–H groups in total. The predicted molar refractivity (Wildman–Crippen MR) is 175 cm³/mol. The lowest BCUT2D eigenvalue weighted by Crippen LogP contribution is -2.38.